The number of nitrogens with one attached hydrogen (secondary N) is 1. The Balaban J connectivity index is 1.94. The Morgan fingerprint density at radius 2 is 1.85 bits per heavy atom. The third kappa shape index (κ3) is 2.05. The summed E-state index contributed by atoms with van der Waals surface area (Å²) in [4.78, 5) is 0. The van der Waals surface area contributed by atoms with Crippen LogP contribution in [0.15, 0.2) is 0 Å². The first-order chi connectivity index (χ1) is 6.31. The molecule has 1 heterocycles. The van der Waals surface area contributed by atoms with Crippen molar-refractivity contribution in [2.75, 3.05) is 13.1 Å². The van der Waals surface area contributed by atoms with Crippen LogP contribution in [0.2, 0.25) is 0 Å². The van der Waals surface area contributed by atoms with Crippen LogP contribution in [0, 0.1) is 5.92 Å². The quantitative estimate of drug-likeness (QED) is 0.648. The fourth-order valence-electron chi connectivity index (χ4n) is 2.88. The molecule has 0 radical (unpaired) electrons. The van der Waals surface area contributed by atoms with Crippen molar-refractivity contribution < 1.29 is 5.11 Å². The van der Waals surface area contributed by atoms with Crippen LogP contribution >= 0.6 is 0 Å². The van der Waals surface area contributed by atoms with Gasteiger partial charge in [0.1, 0.15) is 0 Å². The van der Waals surface area contributed by atoms with E-state index in [9.17, 15) is 5.11 Å². The molecule has 1 atom stereocenters. The highest BCUT2D eigenvalue weighted by atomic mass is 16.3. The molecular formula is C11H21NO. The summed E-state index contributed by atoms with van der Waals surface area (Å²) in [5, 5.41) is 13.9. The van der Waals surface area contributed by atoms with Crippen molar-refractivity contribution >= 4 is 0 Å². The van der Waals surface area contributed by atoms with Crippen LogP contribution < -0.4 is 5.32 Å². The lowest BCUT2D eigenvalue weighted by Gasteiger charge is -2.41. The molecule has 1 aliphatic heterocycles. The Labute approximate surface area is 80.7 Å². The summed E-state index contributed by atoms with van der Waals surface area (Å²) in [6.07, 6.45) is 8.33. The van der Waals surface area contributed by atoms with E-state index in [-0.39, 0.29) is 5.60 Å². The van der Waals surface area contributed by atoms with Crippen LogP contribution in [-0.4, -0.2) is 23.8 Å². The minimum Gasteiger partial charge on any atom is -0.390 e. The molecule has 1 aliphatic carbocycles. The molecule has 13 heavy (non-hydrogen) atoms. The largest absolute Gasteiger partial charge is 0.390 e. The normalized spacial score (nSPS) is 34.4. The monoisotopic (exact) mass is 183 g/mol. The maximum absolute atomic E-state index is 10.5. The summed E-state index contributed by atoms with van der Waals surface area (Å²) >= 11 is 0. The Hall–Kier alpha value is -0.0800. The minimum atomic E-state index is -0.314. The highest BCUT2D eigenvalue weighted by Crippen LogP contribution is 2.36. The Morgan fingerprint density at radius 3 is 2.46 bits per heavy atom. The summed E-state index contributed by atoms with van der Waals surface area (Å²) in [5.41, 5.74) is -0.314. The third-order valence-electron chi connectivity index (χ3n) is 3.78. The summed E-state index contributed by atoms with van der Waals surface area (Å²) < 4.78 is 0. The lowest BCUT2D eigenvalue weighted by molar-refractivity contribution is -0.0562. The average Bonchev–Trinajstić information content (AvgIpc) is 2.20. The lowest BCUT2D eigenvalue weighted by atomic mass is 9.73. The van der Waals surface area contributed by atoms with Crippen LogP contribution in [-0.2, 0) is 0 Å². The minimum absolute atomic E-state index is 0.314. The van der Waals surface area contributed by atoms with Crippen molar-refractivity contribution in [3.8, 4) is 0 Å². The van der Waals surface area contributed by atoms with Gasteiger partial charge in [0, 0.05) is 12.5 Å². The van der Waals surface area contributed by atoms with E-state index in [2.05, 4.69) is 5.32 Å². The maximum Gasteiger partial charge on any atom is 0.0687 e. The zero-order valence-electron chi connectivity index (χ0n) is 8.39. The molecule has 0 aromatic rings. The molecule has 1 saturated heterocycles. The predicted molar refractivity (Wildman–Crippen MR) is 53.6 cm³/mol. The van der Waals surface area contributed by atoms with Gasteiger partial charge in [-0.1, -0.05) is 19.3 Å². The van der Waals surface area contributed by atoms with Gasteiger partial charge in [-0.2, -0.15) is 0 Å². The van der Waals surface area contributed by atoms with Crippen molar-refractivity contribution in [2.45, 2.75) is 50.5 Å². The lowest BCUT2D eigenvalue weighted by Crippen LogP contribution is -2.47. The van der Waals surface area contributed by atoms with Crippen LogP contribution in [0.3, 0.4) is 0 Å². The second-order valence-electron chi connectivity index (χ2n) is 4.71. The molecule has 0 spiro atoms. The molecule has 1 unspecified atom stereocenters. The number of piperidine rings is 1. The van der Waals surface area contributed by atoms with E-state index < -0.39 is 0 Å². The fourth-order valence-corrected chi connectivity index (χ4v) is 2.88. The molecule has 2 heteroatoms. The first-order valence-corrected chi connectivity index (χ1v) is 5.74. The van der Waals surface area contributed by atoms with E-state index in [1.807, 2.05) is 0 Å². The molecule has 0 aromatic heterocycles. The molecule has 2 N–H and O–H groups in total. The van der Waals surface area contributed by atoms with Gasteiger partial charge < -0.3 is 10.4 Å². The van der Waals surface area contributed by atoms with E-state index in [0.29, 0.717) is 5.92 Å². The highest BCUT2D eigenvalue weighted by Gasteiger charge is 2.37. The number of rotatable bonds is 1. The molecule has 0 bridgehead atoms. The summed E-state index contributed by atoms with van der Waals surface area (Å²) in [7, 11) is 0. The van der Waals surface area contributed by atoms with Crippen LogP contribution in [0.5, 0.6) is 0 Å². The van der Waals surface area contributed by atoms with E-state index in [1.54, 1.807) is 0 Å². The molecule has 0 aromatic carbocycles. The van der Waals surface area contributed by atoms with Gasteiger partial charge in [-0.25, -0.2) is 0 Å². The van der Waals surface area contributed by atoms with Gasteiger partial charge in [-0.15, -0.1) is 0 Å². The zero-order chi connectivity index (χ0) is 9.15. The summed E-state index contributed by atoms with van der Waals surface area (Å²) in [6.45, 7) is 2.18. The van der Waals surface area contributed by atoms with Gasteiger partial charge in [0.2, 0.25) is 0 Å². The van der Waals surface area contributed by atoms with Gasteiger partial charge in [-0.05, 0) is 32.2 Å². The van der Waals surface area contributed by atoms with Crippen molar-refractivity contribution in [1.82, 2.24) is 5.32 Å². The highest BCUT2D eigenvalue weighted by molar-refractivity contribution is 4.91. The van der Waals surface area contributed by atoms with E-state index in [0.717, 1.165) is 25.9 Å². The van der Waals surface area contributed by atoms with Gasteiger partial charge in [0.25, 0.3) is 0 Å². The van der Waals surface area contributed by atoms with E-state index in [4.69, 9.17) is 0 Å². The number of aliphatic hydroxyl groups is 1. The first kappa shape index (κ1) is 9.47. The molecule has 2 rings (SSSR count). The van der Waals surface area contributed by atoms with Crippen molar-refractivity contribution in [3.05, 3.63) is 0 Å². The SMILES string of the molecule is OC1(C2CCCNC2)CCCCC1. The molecule has 2 aliphatic rings. The molecular weight excluding hydrogens is 162 g/mol. The number of hydrogen-bond acceptors (Lipinski definition) is 2. The summed E-state index contributed by atoms with van der Waals surface area (Å²) in [6, 6.07) is 0. The van der Waals surface area contributed by atoms with Crippen molar-refractivity contribution in [1.29, 1.82) is 0 Å². The van der Waals surface area contributed by atoms with Crippen molar-refractivity contribution in [3.63, 3.8) is 0 Å². The van der Waals surface area contributed by atoms with Gasteiger partial charge in [-0.3, -0.25) is 0 Å². The smallest absolute Gasteiger partial charge is 0.0687 e. The van der Waals surface area contributed by atoms with Gasteiger partial charge >= 0.3 is 0 Å². The average molecular weight is 183 g/mol. The fraction of sp³-hybridized carbons (Fsp3) is 1.00. The van der Waals surface area contributed by atoms with Crippen LogP contribution in [0.4, 0.5) is 0 Å². The molecule has 2 nitrogen and oxygen atoms in total. The molecule has 2 fully saturated rings. The maximum atomic E-state index is 10.5. The second kappa shape index (κ2) is 3.97. The van der Waals surface area contributed by atoms with Crippen LogP contribution in [0.25, 0.3) is 0 Å². The first-order valence-electron chi connectivity index (χ1n) is 5.74. The van der Waals surface area contributed by atoms with Gasteiger partial charge in [0.05, 0.1) is 5.60 Å². The second-order valence-corrected chi connectivity index (χ2v) is 4.71. The summed E-state index contributed by atoms with van der Waals surface area (Å²) in [5.74, 6) is 0.529. The van der Waals surface area contributed by atoms with Crippen LogP contribution in [0.1, 0.15) is 44.9 Å². The standard InChI is InChI=1S/C11H21NO/c13-11(6-2-1-3-7-11)10-5-4-8-12-9-10/h10,12-13H,1-9H2. The van der Waals surface area contributed by atoms with E-state index >= 15 is 0 Å². The van der Waals surface area contributed by atoms with E-state index in [1.165, 1.54) is 32.1 Å². The topological polar surface area (TPSA) is 32.3 Å². The molecule has 1 saturated carbocycles. The Kier molecular flexibility index (Phi) is 2.89. The zero-order valence-corrected chi connectivity index (χ0v) is 8.39. The predicted octanol–water partition coefficient (Wildman–Crippen LogP) is 1.68. The van der Waals surface area contributed by atoms with Gasteiger partial charge in [0.15, 0.2) is 0 Å². The van der Waals surface area contributed by atoms with Crippen molar-refractivity contribution in [2.24, 2.45) is 5.92 Å². The molecule has 0 amide bonds. The Morgan fingerprint density at radius 1 is 1.08 bits per heavy atom. The number of hydrogen-bond donors (Lipinski definition) is 2. The third-order valence-corrected chi connectivity index (χ3v) is 3.78. The Bertz CT molecular complexity index is 157. The molecule has 76 valence electrons.